The van der Waals surface area contributed by atoms with Crippen LogP contribution in [-0.4, -0.2) is 21.2 Å². The van der Waals surface area contributed by atoms with E-state index in [4.69, 9.17) is 4.74 Å². The van der Waals surface area contributed by atoms with Gasteiger partial charge in [0.05, 0.1) is 22.6 Å². The molecule has 3 aromatic rings. The number of ether oxygens (including phenoxy) is 1. The molecule has 1 amide bonds. The highest BCUT2D eigenvalue weighted by Crippen LogP contribution is 2.22. The third-order valence-corrected chi connectivity index (χ3v) is 4.33. The zero-order chi connectivity index (χ0) is 22.1. The smallest absolute Gasteiger partial charge is 0.408 e. The van der Waals surface area contributed by atoms with E-state index in [0.29, 0.717) is 6.42 Å². The SMILES string of the molecule is CC[C@H](NC(=O)OC(C)(C)C)c1nc2ccc(F)cc2c(=O)n1-c1cccc(F)c1. The molecule has 1 aromatic heterocycles. The van der Waals surface area contributed by atoms with Crippen LogP contribution in [0.15, 0.2) is 47.3 Å². The zero-order valence-electron chi connectivity index (χ0n) is 17.2. The topological polar surface area (TPSA) is 73.2 Å². The maximum atomic E-state index is 13.9. The van der Waals surface area contributed by atoms with E-state index in [0.717, 1.165) is 6.07 Å². The number of rotatable bonds is 4. The van der Waals surface area contributed by atoms with Gasteiger partial charge in [-0.3, -0.25) is 9.36 Å². The molecular weight excluding hydrogens is 392 g/mol. The van der Waals surface area contributed by atoms with Crippen LogP contribution < -0.4 is 10.9 Å². The zero-order valence-corrected chi connectivity index (χ0v) is 17.2. The lowest BCUT2D eigenvalue weighted by atomic mass is 10.1. The van der Waals surface area contributed by atoms with Crippen LogP contribution in [-0.2, 0) is 4.74 Å². The standard InChI is InChI=1S/C22H23F2N3O3/c1-5-17(26-21(29)30-22(2,3)4)19-25-18-10-9-14(24)12-16(18)20(28)27(19)15-8-6-7-13(23)11-15/h6-12,17H,5H2,1-4H3,(H,26,29)/t17-/m0/s1. The highest BCUT2D eigenvalue weighted by Gasteiger charge is 2.24. The third-order valence-electron chi connectivity index (χ3n) is 4.33. The quantitative estimate of drug-likeness (QED) is 0.674. The molecule has 0 saturated carbocycles. The second-order valence-electron chi connectivity index (χ2n) is 7.86. The molecule has 0 saturated heterocycles. The minimum atomic E-state index is -0.709. The summed E-state index contributed by atoms with van der Waals surface area (Å²) < 4.78 is 34.2. The summed E-state index contributed by atoms with van der Waals surface area (Å²) in [4.78, 5) is 30.1. The molecule has 0 aliphatic heterocycles. The predicted molar refractivity (Wildman–Crippen MR) is 110 cm³/mol. The molecule has 6 nitrogen and oxygen atoms in total. The third kappa shape index (κ3) is 4.64. The maximum absolute atomic E-state index is 13.9. The van der Waals surface area contributed by atoms with Crippen LogP contribution in [0.5, 0.6) is 0 Å². The first kappa shape index (κ1) is 21.4. The number of hydrogen-bond acceptors (Lipinski definition) is 4. The van der Waals surface area contributed by atoms with Crippen molar-refractivity contribution < 1.29 is 18.3 Å². The fourth-order valence-electron chi connectivity index (χ4n) is 3.07. The van der Waals surface area contributed by atoms with Crippen molar-refractivity contribution in [3.8, 4) is 5.69 Å². The minimum absolute atomic E-state index is 0.0510. The van der Waals surface area contributed by atoms with E-state index >= 15 is 0 Å². The summed E-state index contributed by atoms with van der Waals surface area (Å²) in [6, 6.07) is 8.41. The number of alkyl carbamates (subject to hydrolysis) is 1. The number of nitrogens with one attached hydrogen (secondary N) is 1. The van der Waals surface area contributed by atoms with Crippen LogP contribution in [0.4, 0.5) is 13.6 Å². The van der Waals surface area contributed by atoms with Gasteiger partial charge in [0, 0.05) is 0 Å². The van der Waals surface area contributed by atoms with Crippen LogP contribution in [0.2, 0.25) is 0 Å². The molecule has 1 atom stereocenters. The van der Waals surface area contributed by atoms with Gasteiger partial charge in [-0.15, -0.1) is 0 Å². The molecule has 0 aliphatic carbocycles. The van der Waals surface area contributed by atoms with Gasteiger partial charge in [0.2, 0.25) is 0 Å². The Balaban J connectivity index is 2.21. The summed E-state index contributed by atoms with van der Waals surface area (Å²) >= 11 is 0. The molecule has 0 aliphatic rings. The lowest BCUT2D eigenvalue weighted by Crippen LogP contribution is -2.37. The van der Waals surface area contributed by atoms with Crippen molar-refractivity contribution >= 4 is 17.0 Å². The van der Waals surface area contributed by atoms with Gasteiger partial charge in [-0.2, -0.15) is 0 Å². The summed E-state index contributed by atoms with van der Waals surface area (Å²) in [7, 11) is 0. The highest BCUT2D eigenvalue weighted by atomic mass is 19.1. The Morgan fingerprint density at radius 3 is 2.50 bits per heavy atom. The van der Waals surface area contributed by atoms with Crippen molar-refractivity contribution in [3.63, 3.8) is 0 Å². The van der Waals surface area contributed by atoms with Crippen molar-refractivity contribution in [2.45, 2.75) is 45.8 Å². The number of fused-ring (bicyclic) bond motifs is 1. The van der Waals surface area contributed by atoms with Crippen molar-refractivity contribution in [1.29, 1.82) is 0 Å². The molecule has 0 bridgehead atoms. The number of carbonyl (C=O) groups is 1. The number of halogens is 2. The van der Waals surface area contributed by atoms with Gasteiger partial charge in [-0.05, 0) is 63.6 Å². The van der Waals surface area contributed by atoms with Crippen molar-refractivity contribution in [2.24, 2.45) is 0 Å². The Labute approximate surface area is 172 Å². The molecule has 0 radical (unpaired) electrons. The van der Waals surface area contributed by atoms with Crippen LogP contribution >= 0.6 is 0 Å². The molecule has 2 aromatic carbocycles. The van der Waals surface area contributed by atoms with Gasteiger partial charge in [-0.1, -0.05) is 13.0 Å². The fraction of sp³-hybridized carbons (Fsp3) is 0.318. The Hall–Kier alpha value is -3.29. The van der Waals surface area contributed by atoms with Gasteiger partial charge < -0.3 is 10.1 Å². The molecule has 1 N–H and O–H groups in total. The normalized spacial score (nSPS) is 12.6. The van der Waals surface area contributed by atoms with E-state index < -0.39 is 34.9 Å². The number of nitrogens with zero attached hydrogens (tertiary/aromatic N) is 2. The van der Waals surface area contributed by atoms with E-state index in [1.54, 1.807) is 33.8 Å². The van der Waals surface area contributed by atoms with E-state index in [2.05, 4.69) is 10.3 Å². The monoisotopic (exact) mass is 415 g/mol. The lowest BCUT2D eigenvalue weighted by Gasteiger charge is -2.24. The number of hydrogen-bond donors (Lipinski definition) is 1. The number of carbonyl (C=O) groups excluding carboxylic acids is 1. The molecule has 3 rings (SSSR count). The Bertz CT molecular complexity index is 1150. The first-order valence-corrected chi connectivity index (χ1v) is 9.56. The van der Waals surface area contributed by atoms with E-state index in [-0.39, 0.29) is 22.4 Å². The van der Waals surface area contributed by atoms with Crippen LogP contribution in [0.25, 0.3) is 16.6 Å². The summed E-state index contributed by atoms with van der Waals surface area (Å²) in [5, 5.41) is 2.77. The van der Waals surface area contributed by atoms with Crippen LogP contribution in [0.1, 0.15) is 46.0 Å². The summed E-state index contributed by atoms with van der Waals surface area (Å²) in [5.74, 6) is -0.935. The molecule has 0 unspecified atom stereocenters. The average molecular weight is 415 g/mol. The molecular formula is C22H23F2N3O3. The molecule has 1 heterocycles. The highest BCUT2D eigenvalue weighted by molar-refractivity contribution is 5.78. The summed E-state index contributed by atoms with van der Waals surface area (Å²) in [6.07, 6.45) is -0.290. The van der Waals surface area contributed by atoms with Gasteiger partial charge in [0.25, 0.3) is 5.56 Å². The largest absolute Gasteiger partial charge is 0.444 e. The van der Waals surface area contributed by atoms with Gasteiger partial charge in [0.1, 0.15) is 23.1 Å². The first-order valence-electron chi connectivity index (χ1n) is 9.56. The molecule has 30 heavy (non-hydrogen) atoms. The number of benzene rings is 2. The summed E-state index contributed by atoms with van der Waals surface area (Å²) in [6.45, 7) is 7.01. The number of amides is 1. The van der Waals surface area contributed by atoms with Gasteiger partial charge in [0.15, 0.2) is 0 Å². The van der Waals surface area contributed by atoms with Gasteiger partial charge >= 0.3 is 6.09 Å². The summed E-state index contributed by atoms with van der Waals surface area (Å²) in [5.41, 5.74) is -0.782. The Morgan fingerprint density at radius 1 is 1.17 bits per heavy atom. The van der Waals surface area contributed by atoms with Crippen molar-refractivity contribution in [2.75, 3.05) is 0 Å². The second-order valence-corrected chi connectivity index (χ2v) is 7.86. The second kappa shape index (κ2) is 8.22. The molecule has 8 heteroatoms. The Kier molecular flexibility index (Phi) is 5.87. The van der Waals surface area contributed by atoms with Crippen molar-refractivity contribution in [1.82, 2.24) is 14.9 Å². The molecule has 158 valence electrons. The predicted octanol–water partition coefficient (Wildman–Crippen LogP) is 4.64. The molecule has 0 fully saturated rings. The fourth-order valence-corrected chi connectivity index (χ4v) is 3.07. The van der Waals surface area contributed by atoms with E-state index in [1.165, 1.54) is 34.9 Å². The van der Waals surface area contributed by atoms with Crippen molar-refractivity contribution in [3.05, 3.63) is 70.3 Å². The lowest BCUT2D eigenvalue weighted by molar-refractivity contribution is 0.0499. The number of aromatic nitrogens is 2. The van der Waals surface area contributed by atoms with Gasteiger partial charge in [-0.25, -0.2) is 18.6 Å². The maximum Gasteiger partial charge on any atom is 0.408 e. The average Bonchev–Trinajstić information content (AvgIpc) is 2.65. The van der Waals surface area contributed by atoms with E-state index in [9.17, 15) is 18.4 Å². The van der Waals surface area contributed by atoms with E-state index in [1.807, 2.05) is 0 Å². The molecule has 0 spiro atoms. The first-order chi connectivity index (χ1) is 14.1. The minimum Gasteiger partial charge on any atom is -0.444 e. The van der Waals surface area contributed by atoms with Crippen LogP contribution in [0.3, 0.4) is 0 Å². The Morgan fingerprint density at radius 2 is 1.87 bits per heavy atom. The van der Waals surface area contributed by atoms with Crippen LogP contribution in [0, 0.1) is 11.6 Å².